The van der Waals surface area contributed by atoms with Crippen molar-refractivity contribution >= 4 is 5.69 Å². The van der Waals surface area contributed by atoms with Crippen molar-refractivity contribution in [3.05, 3.63) is 29.6 Å². The second-order valence-electron chi connectivity index (χ2n) is 4.06. The molecule has 3 N–H and O–H groups in total. The number of ether oxygens (including phenoxy) is 1. The van der Waals surface area contributed by atoms with Crippen LogP contribution in [0.15, 0.2) is 18.2 Å². The summed E-state index contributed by atoms with van der Waals surface area (Å²) in [5, 5.41) is 9.53. The molecular formula is C12H17FN2O2. The highest BCUT2D eigenvalue weighted by Gasteiger charge is 2.16. The van der Waals surface area contributed by atoms with Crippen molar-refractivity contribution in [3.8, 4) is 0 Å². The van der Waals surface area contributed by atoms with Crippen LogP contribution in [-0.2, 0) is 4.74 Å². The van der Waals surface area contributed by atoms with E-state index >= 15 is 0 Å². The predicted octanol–water partition coefficient (Wildman–Crippen LogP) is 0.654. The van der Waals surface area contributed by atoms with Crippen LogP contribution >= 0.6 is 0 Å². The van der Waals surface area contributed by atoms with Gasteiger partial charge < -0.3 is 20.5 Å². The summed E-state index contributed by atoms with van der Waals surface area (Å²) in [7, 11) is 0. The van der Waals surface area contributed by atoms with Crippen LogP contribution in [0.25, 0.3) is 0 Å². The van der Waals surface area contributed by atoms with Crippen LogP contribution in [0, 0.1) is 5.82 Å². The zero-order valence-electron chi connectivity index (χ0n) is 9.60. The minimum Gasteiger partial charge on any atom is -0.387 e. The Labute approximate surface area is 99.8 Å². The van der Waals surface area contributed by atoms with Gasteiger partial charge in [-0.05, 0) is 17.7 Å². The summed E-state index contributed by atoms with van der Waals surface area (Å²) in [6, 6.07) is 4.75. The molecule has 94 valence electrons. The highest BCUT2D eigenvalue weighted by molar-refractivity contribution is 5.49. The number of rotatable bonds is 3. The van der Waals surface area contributed by atoms with Crippen molar-refractivity contribution in [2.75, 3.05) is 37.7 Å². The molecule has 1 aliphatic rings. The molecule has 5 heteroatoms. The van der Waals surface area contributed by atoms with Gasteiger partial charge in [0.2, 0.25) is 0 Å². The van der Waals surface area contributed by atoms with Crippen LogP contribution in [0.1, 0.15) is 11.7 Å². The number of hydrogen-bond donors (Lipinski definition) is 2. The molecule has 4 nitrogen and oxygen atoms in total. The first kappa shape index (κ1) is 12.3. The number of anilines is 1. The Morgan fingerprint density at radius 1 is 1.41 bits per heavy atom. The molecule has 1 atom stereocenters. The highest BCUT2D eigenvalue weighted by Crippen LogP contribution is 2.23. The van der Waals surface area contributed by atoms with Crippen LogP contribution in [0.4, 0.5) is 10.1 Å². The molecule has 1 aliphatic heterocycles. The van der Waals surface area contributed by atoms with E-state index in [1.54, 1.807) is 12.1 Å². The van der Waals surface area contributed by atoms with Gasteiger partial charge in [-0.3, -0.25) is 0 Å². The van der Waals surface area contributed by atoms with Gasteiger partial charge in [-0.15, -0.1) is 0 Å². The fourth-order valence-corrected chi connectivity index (χ4v) is 1.93. The summed E-state index contributed by atoms with van der Waals surface area (Å²) in [5.74, 6) is -0.322. The van der Waals surface area contributed by atoms with Crippen LogP contribution in [0.2, 0.25) is 0 Å². The van der Waals surface area contributed by atoms with Crippen molar-refractivity contribution in [3.63, 3.8) is 0 Å². The molecule has 1 saturated heterocycles. The summed E-state index contributed by atoms with van der Waals surface area (Å²) in [5.41, 5.74) is 6.41. The molecule has 0 spiro atoms. The molecule has 0 amide bonds. The van der Waals surface area contributed by atoms with Gasteiger partial charge >= 0.3 is 0 Å². The van der Waals surface area contributed by atoms with E-state index in [1.807, 2.05) is 4.90 Å². The molecule has 1 aromatic rings. The number of morpholine rings is 1. The van der Waals surface area contributed by atoms with Crippen molar-refractivity contribution in [2.45, 2.75) is 6.10 Å². The smallest absolute Gasteiger partial charge is 0.146 e. The minimum absolute atomic E-state index is 0.0936. The standard InChI is InChI=1S/C12H17FN2O2/c13-10-7-9(12(16)8-14)1-2-11(10)15-3-5-17-6-4-15/h1-2,7,12,16H,3-6,8,14H2. The average molecular weight is 240 g/mol. The number of halogens is 1. The lowest BCUT2D eigenvalue weighted by atomic mass is 10.1. The summed E-state index contributed by atoms with van der Waals surface area (Å²) in [6.45, 7) is 2.71. The van der Waals surface area contributed by atoms with E-state index in [2.05, 4.69) is 0 Å². The molecule has 1 heterocycles. The molecule has 1 aromatic carbocycles. The van der Waals surface area contributed by atoms with Gasteiger partial charge in [0.15, 0.2) is 0 Å². The summed E-state index contributed by atoms with van der Waals surface area (Å²) >= 11 is 0. The Balaban J connectivity index is 2.18. The molecule has 0 aromatic heterocycles. The minimum atomic E-state index is -0.803. The third-order valence-electron chi connectivity index (χ3n) is 2.93. The highest BCUT2D eigenvalue weighted by atomic mass is 19.1. The van der Waals surface area contributed by atoms with E-state index < -0.39 is 6.10 Å². The maximum atomic E-state index is 13.9. The Morgan fingerprint density at radius 2 is 2.12 bits per heavy atom. The van der Waals surface area contributed by atoms with Gasteiger partial charge in [-0.2, -0.15) is 0 Å². The molecule has 1 fully saturated rings. The molecular weight excluding hydrogens is 223 g/mol. The van der Waals surface area contributed by atoms with Gasteiger partial charge in [0.25, 0.3) is 0 Å². The fourth-order valence-electron chi connectivity index (χ4n) is 1.93. The zero-order chi connectivity index (χ0) is 12.3. The van der Waals surface area contributed by atoms with Crippen molar-refractivity contribution in [2.24, 2.45) is 5.73 Å². The topological polar surface area (TPSA) is 58.7 Å². The van der Waals surface area contributed by atoms with E-state index in [9.17, 15) is 9.50 Å². The maximum Gasteiger partial charge on any atom is 0.146 e. The summed E-state index contributed by atoms with van der Waals surface area (Å²) in [6.07, 6.45) is -0.803. The Kier molecular flexibility index (Phi) is 3.93. The second-order valence-corrected chi connectivity index (χ2v) is 4.06. The molecule has 2 rings (SSSR count). The lowest BCUT2D eigenvalue weighted by Crippen LogP contribution is -2.36. The first-order valence-electron chi connectivity index (χ1n) is 5.72. The van der Waals surface area contributed by atoms with Crippen LogP contribution in [-0.4, -0.2) is 38.0 Å². The van der Waals surface area contributed by atoms with E-state index in [0.717, 1.165) is 0 Å². The van der Waals surface area contributed by atoms with E-state index in [1.165, 1.54) is 6.07 Å². The first-order chi connectivity index (χ1) is 8.22. The van der Waals surface area contributed by atoms with Gasteiger partial charge in [-0.1, -0.05) is 6.07 Å². The van der Waals surface area contributed by atoms with Crippen molar-refractivity contribution in [1.82, 2.24) is 0 Å². The molecule has 0 radical (unpaired) electrons. The molecule has 0 aliphatic carbocycles. The summed E-state index contributed by atoms with van der Waals surface area (Å²) < 4.78 is 19.1. The Morgan fingerprint density at radius 3 is 2.71 bits per heavy atom. The normalized spacial score (nSPS) is 18.2. The van der Waals surface area contributed by atoms with Gasteiger partial charge in [-0.25, -0.2) is 4.39 Å². The third kappa shape index (κ3) is 2.74. The van der Waals surface area contributed by atoms with Gasteiger partial charge in [0, 0.05) is 19.6 Å². The van der Waals surface area contributed by atoms with Crippen LogP contribution in [0.5, 0.6) is 0 Å². The first-order valence-corrected chi connectivity index (χ1v) is 5.72. The van der Waals surface area contributed by atoms with Crippen molar-refractivity contribution in [1.29, 1.82) is 0 Å². The summed E-state index contributed by atoms with van der Waals surface area (Å²) in [4.78, 5) is 1.94. The molecule has 0 bridgehead atoms. The average Bonchev–Trinajstić information content (AvgIpc) is 2.38. The number of aliphatic hydroxyl groups is 1. The van der Waals surface area contributed by atoms with Gasteiger partial charge in [0.1, 0.15) is 5.82 Å². The Hall–Kier alpha value is -1.17. The number of nitrogens with zero attached hydrogens (tertiary/aromatic N) is 1. The van der Waals surface area contributed by atoms with Crippen LogP contribution in [0.3, 0.4) is 0 Å². The number of nitrogens with two attached hydrogens (primary N) is 1. The van der Waals surface area contributed by atoms with E-state index in [-0.39, 0.29) is 12.4 Å². The maximum absolute atomic E-state index is 13.9. The quantitative estimate of drug-likeness (QED) is 0.814. The van der Waals surface area contributed by atoms with Crippen molar-refractivity contribution < 1.29 is 14.2 Å². The monoisotopic (exact) mass is 240 g/mol. The predicted molar refractivity (Wildman–Crippen MR) is 63.4 cm³/mol. The number of hydrogen-bond acceptors (Lipinski definition) is 4. The third-order valence-corrected chi connectivity index (χ3v) is 2.93. The Bertz CT molecular complexity index is 381. The fraction of sp³-hybridized carbons (Fsp3) is 0.500. The van der Waals surface area contributed by atoms with Crippen LogP contribution < -0.4 is 10.6 Å². The molecule has 1 unspecified atom stereocenters. The lowest BCUT2D eigenvalue weighted by Gasteiger charge is -2.29. The van der Waals surface area contributed by atoms with Gasteiger partial charge in [0.05, 0.1) is 25.0 Å². The molecule has 17 heavy (non-hydrogen) atoms. The lowest BCUT2D eigenvalue weighted by molar-refractivity contribution is 0.122. The number of aliphatic hydroxyl groups excluding tert-OH is 1. The molecule has 0 saturated carbocycles. The largest absolute Gasteiger partial charge is 0.387 e. The number of benzene rings is 1. The van der Waals surface area contributed by atoms with E-state index in [0.29, 0.717) is 37.6 Å². The zero-order valence-corrected chi connectivity index (χ0v) is 9.60. The van der Waals surface area contributed by atoms with E-state index in [4.69, 9.17) is 10.5 Å². The second kappa shape index (κ2) is 5.44. The SMILES string of the molecule is NCC(O)c1ccc(N2CCOCC2)c(F)c1.